The smallest absolute Gasteiger partial charge is 0.142 e. The van der Waals surface area contributed by atoms with Gasteiger partial charge in [-0.3, -0.25) is 0 Å². The maximum atomic E-state index is 13.5. The van der Waals surface area contributed by atoms with E-state index in [1.54, 1.807) is 30.3 Å². The second-order valence-corrected chi connectivity index (χ2v) is 5.87. The van der Waals surface area contributed by atoms with Crippen LogP contribution in [0.2, 0.25) is 10.0 Å². The first-order chi connectivity index (χ1) is 10.0. The van der Waals surface area contributed by atoms with Gasteiger partial charge in [-0.25, -0.2) is 4.39 Å². The van der Waals surface area contributed by atoms with Crippen LogP contribution < -0.4 is 0 Å². The number of rotatable bonds is 5. The summed E-state index contributed by atoms with van der Waals surface area (Å²) in [6, 6.07) is 11.4. The summed E-state index contributed by atoms with van der Waals surface area (Å²) >= 11 is 11.5. The highest BCUT2D eigenvalue weighted by Crippen LogP contribution is 2.30. The van der Waals surface area contributed by atoms with E-state index in [9.17, 15) is 14.6 Å². The van der Waals surface area contributed by atoms with Gasteiger partial charge in [0.05, 0.1) is 18.2 Å². The Morgan fingerprint density at radius 2 is 1.57 bits per heavy atom. The minimum absolute atomic E-state index is 0.0452. The van der Waals surface area contributed by atoms with E-state index in [0.717, 1.165) is 5.56 Å². The summed E-state index contributed by atoms with van der Waals surface area (Å²) in [5, 5.41) is 20.2. The van der Waals surface area contributed by atoms with Gasteiger partial charge in [0.15, 0.2) is 0 Å². The van der Waals surface area contributed by atoms with Gasteiger partial charge in [-0.2, -0.15) is 0 Å². The van der Waals surface area contributed by atoms with E-state index in [-0.39, 0.29) is 24.7 Å². The Morgan fingerprint density at radius 1 is 0.952 bits per heavy atom. The molecule has 0 atom stereocenters. The molecule has 2 rings (SSSR count). The zero-order valence-electron chi connectivity index (χ0n) is 11.2. The molecule has 0 aliphatic carbocycles. The topological polar surface area (TPSA) is 40.5 Å². The highest BCUT2D eigenvalue weighted by Gasteiger charge is 2.31. The lowest BCUT2D eigenvalue weighted by Crippen LogP contribution is -2.37. The summed E-state index contributed by atoms with van der Waals surface area (Å²) in [5.41, 5.74) is 0.493. The van der Waals surface area contributed by atoms with Crippen molar-refractivity contribution < 1.29 is 14.6 Å². The fraction of sp³-hybridized carbons (Fsp3) is 0.250. The SMILES string of the molecule is OCC(CO)(Cc1ccc(Cl)c(F)c1)c1ccc(Cl)cc1. The van der Waals surface area contributed by atoms with E-state index < -0.39 is 11.2 Å². The van der Waals surface area contributed by atoms with Crippen molar-refractivity contribution in [3.05, 3.63) is 69.5 Å². The van der Waals surface area contributed by atoms with Gasteiger partial charge in [-0.05, 0) is 41.8 Å². The predicted octanol–water partition coefficient (Wildman–Crippen LogP) is 3.60. The summed E-state index contributed by atoms with van der Waals surface area (Å²) in [5.74, 6) is -0.518. The third-order valence-electron chi connectivity index (χ3n) is 3.59. The molecule has 2 nitrogen and oxygen atoms in total. The fourth-order valence-electron chi connectivity index (χ4n) is 2.29. The molecule has 0 amide bonds. The summed E-state index contributed by atoms with van der Waals surface area (Å²) in [6.07, 6.45) is 0.287. The third kappa shape index (κ3) is 3.55. The van der Waals surface area contributed by atoms with Crippen molar-refractivity contribution in [2.24, 2.45) is 0 Å². The van der Waals surface area contributed by atoms with Gasteiger partial charge in [0.1, 0.15) is 5.82 Å². The molecule has 0 bridgehead atoms. The quantitative estimate of drug-likeness (QED) is 0.880. The molecular formula is C16H15Cl2FO2. The number of aliphatic hydroxyl groups is 2. The zero-order chi connectivity index (χ0) is 15.5. The Bertz CT molecular complexity index is 610. The van der Waals surface area contributed by atoms with E-state index in [4.69, 9.17) is 23.2 Å². The molecule has 0 aliphatic rings. The van der Waals surface area contributed by atoms with Gasteiger partial charge in [0, 0.05) is 10.4 Å². The number of aliphatic hydroxyl groups excluding tert-OH is 2. The number of hydrogen-bond donors (Lipinski definition) is 2. The van der Waals surface area contributed by atoms with Gasteiger partial charge >= 0.3 is 0 Å². The first-order valence-electron chi connectivity index (χ1n) is 6.42. The molecular weight excluding hydrogens is 314 g/mol. The van der Waals surface area contributed by atoms with Crippen molar-refractivity contribution in [1.82, 2.24) is 0 Å². The van der Waals surface area contributed by atoms with Crippen molar-refractivity contribution >= 4 is 23.2 Å². The summed E-state index contributed by atoms with van der Waals surface area (Å²) in [4.78, 5) is 0. The van der Waals surface area contributed by atoms with E-state index in [1.807, 2.05) is 0 Å². The van der Waals surface area contributed by atoms with Crippen LogP contribution in [0.3, 0.4) is 0 Å². The van der Waals surface area contributed by atoms with Crippen LogP contribution in [-0.2, 0) is 11.8 Å². The van der Waals surface area contributed by atoms with E-state index in [1.165, 1.54) is 12.1 Å². The predicted molar refractivity (Wildman–Crippen MR) is 82.4 cm³/mol. The standard InChI is InChI=1S/C16H15Cl2FO2/c17-13-4-2-12(3-5-13)16(9-20,10-21)8-11-1-6-14(18)15(19)7-11/h1-7,20-21H,8-10H2. The van der Waals surface area contributed by atoms with Crippen LogP contribution in [0.25, 0.3) is 0 Å². The molecule has 0 heterocycles. The van der Waals surface area contributed by atoms with Gasteiger partial charge < -0.3 is 10.2 Å². The van der Waals surface area contributed by atoms with Gasteiger partial charge in [0.2, 0.25) is 0 Å². The van der Waals surface area contributed by atoms with Crippen LogP contribution in [0.5, 0.6) is 0 Å². The van der Waals surface area contributed by atoms with E-state index >= 15 is 0 Å². The van der Waals surface area contributed by atoms with Crippen LogP contribution in [0, 0.1) is 5.82 Å². The van der Waals surface area contributed by atoms with E-state index in [0.29, 0.717) is 10.6 Å². The monoisotopic (exact) mass is 328 g/mol. The van der Waals surface area contributed by atoms with Crippen molar-refractivity contribution in [3.63, 3.8) is 0 Å². The Morgan fingerprint density at radius 3 is 2.10 bits per heavy atom. The number of benzene rings is 2. The molecule has 0 saturated heterocycles. The molecule has 0 radical (unpaired) electrons. The molecule has 2 aromatic carbocycles. The average molecular weight is 329 g/mol. The van der Waals surface area contributed by atoms with Crippen molar-refractivity contribution in [3.8, 4) is 0 Å². The average Bonchev–Trinajstić information content (AvgIpc) is 2.49. The summed E-state index contributed by atoms with van der Waals surface area (Å²) in [6.45, 7) is -0.537. The van der Waals surface area contributed by atoms with Crippen LogP contribution in [-0.4, -0.2) is 23.4 Å². The Hall–Kier alpha value is -1.13. The molecule has 2 aromatic rings. The molecule has 0 unspecified atom stereocenters. The Kier molecular flexibility index (Phi) is 5.22. The lowest BCUT2D eigenvalue weighted by atomic mass is 9.77. The normalized spacial score (nSPS) is 11.7. The van der Waals surface area contributed by atoms with Crippen LogP contribution >= 0.6 is 23.2 Å². The first kappa shape index (κ1) is 16.2. The Balaban J connectivity index is 2.37. The van der Waals surface area contributed by atoms with Gasteiger partial charge in [-0.15, -0.1) is 0 Å². The van der Waals surface area contributed by atoms with Crippen LogP contribution in [0.15, 0.2) is 42.5 Å². The highest BCUT2D eigenvalue weighted by molar-refractivity contribution is 6.30. The van der Waals surface area contributed by atoms with E-state index in [2.05, 4.69) is 0 Å². The molecule has 0 saturated carbocycles. The highest BCUT2D eigenvalue weighted by atomic mass is 35.5. The maximum absolute atomic E-state index is 13.5. The Labute approximate surface area is 132 Å². The summed E-state index contributed by atoms with van der Waals surface area (Å²) in [7, 11) is 0. The van der Waals surface area contributed by atoms with Crippen molar-refractivity contribution in [2.45, 2.75) is 11.8 Å². The minimum atomic E-state index is -0.898. The van der Waals surface area contributed by atoms with Crippen LogP contribution in [0.4, 0.5) is 4.39 Å². The molecule has 5 heteroatoms. The van der Waals surface area contributed by atoms with Gasteiger partial charge in [-0.1, -0.05) is 41.4 Å². The van der Waals surface area contributed by atoms with Crippen molar-refractivity contribution in [2.75, 3.05) is 13.2 Å². The van der Waals surface area contributed by atoms with Crippen LogP contribution in [0.1, 0.15) is 11.1 Å². The van der Waals surface area contributed by atoms with Crippen molar-refractivity contribution in [1.29, 1.82) is 0 Å². The fourth-order valence-corrected chi connectivity index (χ4v) is 2.53. The number of hydrogen-bond acceptors (Lipinski definition) is 2. The lowest BCUT2D eigenvalue weighted by Gasteiger charge is -2.30. The molecule has 2 N–H and O–H groups in total. The molecule has 0 aliphatic heterocycles. The maximum Gasteiger partial charge on any atom is 0.142 e. The van der Waals surface area contributed by atoms with Gasteiger partial charge in [0.25, 0.3) is 0 Å². The molecule has 0 fully saturated rings. The first-order valence-corrected chi connectivity index (χ1v) is 7.18. The molecule has 0 aromatic heterocycles. The molecule has 0 spiro atoms. The summed E-state index contributed by atoms with van der Waals surface area (Å²) < 4.78 is 13.5. The third-order valence-corrected chi connectivity index (χ3v) is 4.15. The number of halogens is 3. The lowest BCUT2D eigenvalue weighted by molar-refractivity contribution is 0.116. The molecule has 21 heavy (non-hydrogen) atoms. The second-order valence-electron chi connectivity index (χ2n) is 5.03. The zero-order valence-corrected chi connectivity index (χ0v) is 12.7. The minimum Gasteiger partial charge on any atom is -0.395 e. The molecule has 112 valence electrons. The largest absolute Gasteiger partial charge is 0.395 e. The second kappa shape index (κ2) is 6.75.